The Morgan fingerprint density at radius 3 is 2.22 bits per heavy atom. The average Bonchev–Trinajstić information content (AvgIpc) is 2.65. The summed E-state index contributed by atoms with van der Waals surface area (Å²) in [5, 5.41) is 4.55. The summed E-state index contributed by atoms with van der Waals surface area (Å²) < 4.78 is 2.04. The predicted octanol–water partition coefficient (Wildman–Crippen LogP) is 3.85. The van der Waals surface area contributed by atoms with E-state index < -0.39 is 0 Å². The lowest BCUT2D eigenvalue weighted by molar-refractivity contribution is 0.658. The average molecular weight is 263 g/mol. The molecule has 0 atom stereocenters. The molecule has 0 unspecified atom stereocenters. The molecule has 0 fully saturated rings. The molecular weight excluding hydrogens is 244 g/mol. The van der Waals surface area contributed by atoms with Crippen LogP contribution in [0.15, 0.2) is 24.3 Å². The maximum absolute atomic E-state index is 5.94. The van der Waals surface area contributed by atoms with E-state index in [4.69, 9.17) is 11.6 Å². The van der Waals surface area contributed by atoms with Crippen LogP contribution in [0, 0.1) is 13.8 Å². The highest BCUT2D eigenvalue weighted by atomic mass is 35.5. The van der Waals surface area contributed by atoms with E-state index in [0.29, 0.717) is 5.88 Å². The van der Waals surface area contributed by atoms with E-state index in [0.717, 1.165) is 24.2 Å². The number of aryl methyl sites for hydroxylation is 2. The number of aromatic nitrogens is 2. The Bertz CT molecular complexity index is 526. The van der Waals surface area contributed by atoms with Gasteiger partial charge in [0, 0.05) is 11.3 Å². The minimum Gasteiger partial charge on any atom is -0.265 e. The first-order chi connectivity index (χ1) is 8.65. The molecular formula is C15H19ClN2. The lowest BCUT2D eigenvalue weighted by Crippen LogP contribution is -2.04. The molecule has 0 aliphatic rings. The number of halogens is 1. The largest absolute Gasteiger partial charge is 0.265 e. The van der Waals surface area contributed by atoms with E-state index in [2.05, 4.69) is 43.2 Å². The standard InChI is InChI=1S/C15H19ClN2/c1-4-13-5-7-14(8-6-13)10-18-12(3)15(9-16)11(2)17-18/h5-8H,4,9-10H2,1-3H3. The summed E-state index contributed by atoms with van der Waals surface area (Å²) in [6.07, 6.45) is 1.08. The van der Waals surface area contributed by atoms with Crippen LogP contribution < -0.4 is 0 Å². The second-order valence-corrected chi connectivity index (χ2v) is 4.88. The molecule has 1 aromatic heterocycles. The summed E-state index contributed by atoms with van der Waals surface area (Å²) in [7, 11) is 0. The summed E-state index contributed by atoms with van der Waals surface area (Å²) in [6.45, 7) is 7.08. The van der Waals surface area contributed by atoms with Gasteiger partial charge in [-0.05, 0) is 31.4 Å². The first-order valence-corrected chi connectivity index (χ1v) is 6.85. The van der Waals surface area contributed by atoms with Crippen molar-refractivity contribution in [2.24, 2.45) is 0 Å². The van der Waals surface area contributed by atoms with Crippen molar-refractivity contribution in [2.75, 3.05) is 0 Å². The molecule has 18 heavy (non-hydrogen) atoms. The maximum Gasteiger partial charge on any atom is 0.0662 e. The second-order valence-electron chi connectivity index (χ2n) is 4.61. The predicted molar refractivity (Wildman–Crippen MR) is 76.2 cm³/mol. The topological polar surface area (TPSA) is 17.8 Å². The van der Waals surface area contributed by atoms with E-state index in [1.54, 1.807) is 0 Å². The number of benzene rings is 1. The zero-order valence-corrected chi connectivity index (χ0v) is 12.0. The minimum absolute atomic E-state index is 0.534. The molecule has 1 aromatic carbocycles. The molecule has 0 radical (unpaired) electrons. The molecule has 0 spiro atoms. The van der Waals surface area contributed by atoms with Crippen LogP contribution in [-0.2, 0) is 18.8 Å². The quantitative estimate of drug-likeness (QED) is 0.766. The van der Waals surface area contributed by atoms with Crippen molar-refractivity contribution in [1.82, 2.24) is 9.78 Å². The van der Waals surface area contributed by atoms with Crippen LogP contribution in [0.4, 0.5) is 0 Å². The lowest BCUT2D eigenvalue weighted by atomic mass is 10.1. The Morgan fingerprint density at radius 2 is 1.72 bits per heavy atom. The van der Waals surface area contributed by atoms with Crippen molar-refractivity contribution < 1.29 is 0 Å². The highest BCUT2D eigenvalue weighted by Crippen LogP contribution is 2.17. The van der Waals surface area contributed by atoms with Gasteiger partial charge in [-0.25, -0.2) is 0 Å². The first kappa shape index (κ1) is 13.2. The Hall–Kier alpha value is -1.28. The number of alkyl halides is 1. The SMILES string of the molecule is CCc1ccc(Cn2nc(C)c(CCl)c2C)cc1. The van der Waals surface area contributed by atoms with Crippen molar-refractivity contribution in [2.45, 2.75) is 39.6 Å². The molecule has 2 rings (SSSR count). The summed E-state index contributed by atoms with van der Waals surface area (Å²) in [6, 6.07) is 8.72. The molecule has 0 amide bonds. The van der Waals surface area contributed by atoms with Gasteiger partial charge in [0.15, 0.2) is 0 Å². The molecule has 2 nitrogen and oxygen atoms in total. The summed E-state index contributed by atoms with van der Waals surface area (Å²) in [5.74, 6) is 0.534. The smallest absolute Gasteiger partial charge is 0.0662 e. The number of hydrogen-bond acceptors (Lipinski definition) is 1. The third-order valence-corrected chi connectivity index (χ3v) is 3.70. The van der Waals surface area contributed by atoms with E-state index in [1.165, 1.54) is 16.8 Å². The highest BCUT2D eigenvalue weighted by molar-refractivity contribution is 6.17. The fourth-order valence-corrected chi connectivity index (χ4v) is 2.52. The van der Waals surface area contributed by atoms with Gasteiger partial charge in [-0.2, -0.15) is 5.10 Å². The lowest BCUT2D eigenvalue weighted by Gasteiger charge is -2.06. The van der Waals surface area contributed by atoms with Gasteiger partial charge in [-0.3, -0.25) is 4.68 Å². The summed E-state index contributed by atoms with van der Waals surface area (Å²) >= 11 is 5.94. The van der Waals surface area contributed by atoms with Crippen molar-refractivity contribution in [3.8, 4) is 0 Å². The number of nitrogens with zero attached hydrogens (tertiary/aromatic N) is 2. The Morgan fingerprint density at radius 1 is 1.11 bits per heavy atom. The Balaban J connectivity index is 2.22. The summed E-state index contributed by atoms with van der Waals surface area (Å²) in [5.41, 5.74) is 6.00. The van der Waals surface area contributed by atoms with Crippen molar-refractivity contribution in [3.05, 3.63) is 52.3 Å². The van der Waals surface area contributed by atoms with Crippen LogP contribution >= 0.6 is 11.6 Å². The molecule has 0 aliphatic heterocycles. The van der Waals surface area contributed by atoms with Gasteiger partial charge in [0.1, 0.15) is 0 Å². The zero-order chi connectivity index (χ0) is 13.1. The van der Waals surface area contributed by atoms with Gasteiger partial charge < -0.3 is 0 Å². The number of hydrogen-bond donors (Lipinski definition) is 0. The van der Waals surface area contributed by atoms with Crippen LogP contribution in [0.2, 0.25) is 0 Å². The Kier molecular flexibility index (Phi) is 4.07. The van der Waals surface area contributed by atoms with Crippen molar-refractivity contribution in [3.63, 3.8) is 0 Å². The van der Waals surface area contributed by atoms with Gasteiger partial charge in [0.25, 0.3) is 0 Å². The minimum atomic E-state index is 0.534. The maximum atomic E-state index is 5.94. The van der Waals surface area contributed by atoms with Gasteiger partial charge in [0.2, 0.25) is 0 Å². The van der Waals surface area contributed by atoms with Crippen LogP contribution in [0.25, 0.3) is 0 Å². The second kappa shape index (κ2) is 5.57. The van der Waals surface area contributed by atoms with E-state index in [9.17, 15) is 0 Å². The van der Waals surface area contributed by atoms with Crippen LogP contribution in [0.5, 0.6) is 0 Å². The molecule has 96 valence electrons. The van der Waals surface area contributed by atoms with E-state index in [1.807, 2.05) is 11.6 Å². The van der Waals surface area contributed by atoms with Gasteiger partial charge in [-0.1, -0.05) is 31.2 Å². The summed E-state index contributed by atoms with van der Waals surface area (Å²) in [4.78, 5) is 0. The normalized spacial score (nSPS) is 10.9. The van der Waals surface area contributed by atoms with Crippen LogP contribution in [0.1, 0.15) is 35.0 Å². The third-order valence-electron chi connectivity index (χ3n) is 3.43. The molecule has 0 N–H and O–H groups in total. The first-order valence-electron chi connectivity index (χ1n) is 6.32. The monoisotopic (exact) mass is 262 g/mol. The van der Waals surface area contributed by atoms with Crippen LogP contribution in [-0.4, -0.2) is 9.78 Å². The zero-order valence-electron chi connectivity index (χ0n) is 11.2. The van der Waals surface area contributed by atoms with E-state index >= 15 is 0 Å². The third kappa shape index (κ3) is 2.59. The molecule has 0 aliphatic carbocycles. The molecule has 0 saturated heterocycles. The van der Waals surface area contributed by atoms with Crippen molar-refractivity contribution >= 4 is 11.6 Å². The molecule has 2 aromatic rings. The fraction of sp³-hybridized carbons (Fsp3) is 0.400. The molecule has 0 bridgehead atoms. The number of rotatable bonds is 4. The molecule has 0 saturated carbocycles. The fourth-order valence-electron chi connectivity index (χ4n) is 2.13. The van der Waals surface area contributed by atoms with Gasteiger partial charge in [0.05, 0.1) is 18.1 Å². The van der Waals surface area contributed by atoms with E-state index in [-0.39, 0.29) is 0 Å². The highest BCUT2D eigenvalue weighted by Gasteiger charge is 2.10. The van der Waals surface area contributed by atoms with Crippen LogP contribution in [0.3, 0.4) is 0 Å². The molecule has 3 heteroatoms. The molecule has 1 heterocycles. The van der Waals surface area contributed by atoms with Crippen molar-refractivity contribution in [1.29, 1.82) is 0 Å². The van der Waals surface area contributed by atoms with Gasteiger partial charge in [-0.15, -0.1) is 11.6 Å². The Labute approximate surface area is 114 Å². The van der Waals surface area contributed by atoms with Gasteiger partial charge >= 0.3 is 0 Å².